The van der Waals surface area contributed by atoms with Crippen molar-refractivity contribution in [2.45, 2.75) is 19.5 Å². The molecule has 0 bridgehead atoms. The topological polar surface area (TPSA) is 58.0 Å². The van der Waals surface area contributed by atoms with E-state index in [9.17, 15) is 4.39 Å². The van der Waals surface area contributed by atoms with Crippen molar-refractivity contribution in [2.24, 2.45) is 0 Å². The molecule has 166 valence electrons. The lowest BCUT2D eigenvalue weighted by atomic mass is 10.1. The smallest absolute Gasteiger partial charge is 0.158 e. The lowest BCUT2D eigenvalue weighted by Crippen LogP contribution is -2.26. The Labute approximate surface area is 188 Å². The molecule has 4 rings (SSSR count). The fourth-order valence-electron chi connectivity index (χ4n) is 3.64. The van der Waals surface area contributed by atoms with Gasteiger partial charge in [0.25, 0.3) is 0 Å². The molecule has 2 aromatic heterocycles. The number of fused-ring (bicyclic) bond motifs is 1. The first-order valence-corrected chi connectivity index (χ1v) is 10.8. The van der Waals surface area contributed by atoms with E-state index in [0.29, 0.717) is 5.82 Å². The molecule has 0 saturated carbocycles. The molecule has 6 nitrogen and oxygen atoms in total. The van der Waals surface area contributed by atoms with E-state index in [1.54, 1.807) is 24.5 Å². The molecule has 0 fully saturated rings. The highest BCUT2D eigenvalue weighted by atomic mass is 19.1. The van der Waals surface area contributed by atoms with E-state index in [2.05, 4.69) is 58.9 Å². The summed E-state index contributed by atoms with van der Waals surface area (Å²) in [7, 11) is 4.15. The first-order valence-electron chi connectivity index (χ1n) is 10.8. The molecule has 0 spiro atoms. The third kappa shape index (κ3) is 5.30. The molecule has 32 heavy (non-hydrogen) atoms. The summed E-state index contributed by atoms with van der Waals surface area (Å²) in [5.41, 5.74) is 3.32. The van der Waals surface area contributed by atoms with Gasteiger partial charge in [0, 0.05) is 37.3 Å². The van der Waals surface area contributed by atoms with Gasteiger partial charge in [0.1, 0.15) is 11.6 Å². The first kappa shape index (κ1) is 21.9. The van der Waals surface area contributed by atoms with Gasteiger partial charge in [-0.15, -0.1) is 0 Å². The number of nitrogens with one attached hydrogen (secondary N) is 2. The third-order valence-corrected chi connectivity index (χ3v) is 5.42. The van der Waals surface area contributed by atoms with Crippen LogP contribution in [-0.2, 0) is 6.54 Å². The molecule has 1 atom stereocenters. The minimum atomic E-state index is -0.241. The van der Waals surface area contributed by atoms with E-state index >= 15 is 0 Å². The summed E-state index contributed by atoms with van der Waals surface area (Å²) in [6.07, 6.45) is 5.47. The first-order chi connectivity index (χ1) is 15.5. The maximum atomic E-state index is 13.2. The molecule has 0 saturated heterocycles. The van der Waals surface area contributed by atoms with Crippen molar-refractivity contribution in [1.29, 1.82) is 0 Å². The van der Waals surface area contributed by atoms with Crippen LogP contribution in [-0.4, -0.2) is 46.6 Å². The molecule has 0 aliphatic heterocycles. The van der Waals surface area contributed by atoms with E-state index in [0.717, 1.165) is 41.9 Å². The van der Waals surface area contributed by atoms with E-state index in [4.69, 9.17) is 4.98 Å². The normalized spacial score (nSPS) is 12.4. The SMILES string of the molecule is CC(Nc1cncc(-n2ccc3cc(CNCCN(C)C)ccc32)n1)c1ccc(F)cc1. The molecule has 2 heterocycles. The second kappa shape index (κ2) is 9.89. The van der Waals surface area contributed by atoms with Gasteiger partial charge in [-0.1, -0.05) is 18.2 Å². The molecule has 7 heteroatoms. The average molecular weight is 433 g/mol. The molecule has 4 aromatic rings. The van der Waals surface area contributed by atoms with E-state index in [1.165, 1.54) is 17.7 Å². The predicted molar refractivity (Wildman–Crippen MR) is 128 cm³/mol. The van der Waals surface area contributed by atoms with Crippen molar-refractivity contribution in [3.8, 4) is 5.82 Å². The Morgan fingerprint density at radius 3 is 2.66 bits per heavy atom. The number of hydrogen-bond acceptors (Lipinski definition) is 5. The lowest BCUT2D eigenvalue weighted by molar-refractivity contribution is 0.400. The molecular weight excluding hydrogens is 403 g/mol. The summed E-state index contributed by atoms with van der Waals surface area (Å²) < 4.78 is 15.2. The van der Waals surface area contributed by atoms with Crippen molar-refractivity contribution in [3.63, 3.8) is 0 Å². The van der Waals surface area contributed by atoms with Gasteiger partial charge < -0.3 is 15.5 Å². The minimum Gasteiger partial charge on any atom is -0.362 e. The predicted octanol–water partition coefficient (Wildman–Crippen LogP) is 4.38. The Morgan fingerprint density at radius 2 is 1.88 bits per heavy atom. The second-order valence-electron chi connectivity index (χ2n) is 8.24. The molecular formula is C25H29FN6. The molecule has 0 radical (unpaired) electrons. The summed E-state index contributed by atoms with van der Waals surface area (Å²) >= 11 is 0. The summed E-state index contributed by atoms with van der Waals surface area (Å²) in [6.45, 7) is 4.83. The maximum absolute atomic E-state index is 13.2. The van der Waals surface area contributed by atoms with Gasteiger partial charge in [0.15, 0.2) is 5.82 Å². The van der Waals surface area contributed by atoms with Gasteiger partial charge in [0.05, 0.1) is 17.9 Å². The molecule has 2 N–H and O–H groups in total. The van der Waals surface area contributed by atoms with Crippen molar-refractivity contribution < 1.29 is 4.39 Å². The van der Waals surface area contributed by atoms with Gasteiger partial charge in [-0.3, -0.25) is 9.55 Å². The highest BCUT2D eigenvalue weighted by Crippen LogP contribution is 2.23. The maximum Gasteiger partial charge on any atom is 0.158 e. The van der Waals surface area contributed by atoms with Crippen LogP contribution in [0.1, 0.15) is 24.1 Å². The second-order valence-corrected chi connectivity index (χ2v) is 8.24. The van der Waals surface area contributed by atoms with E-state index < -0.39 is 0 Å². The van der Waals surface area contributed by atoms with Crippen LogP contribution in [0.25, 0.3) is 16.7 Å². The number of benzene rings is 2. The van der Waals surface area contributed by atoms with Crippen LogP contribution < -0.4 is 10.6 Å². The zero-order valence-corrected chi connectivity index (χ0v) is 18.7. The van der Waals surface area contributed by atoms with Gasteiger partial charge in [-0.05, 0) is 62.5 Å². The van der Waals surface area contributed by atoms with Crippen LogP contribution in [0.15, 0.2) is 67.1 Å². The zero-order valence-electron chi connectivity index (χ0n) is 18.7. The van der Waals surface area contributed by atoms with Crippen LogP contribution in [0.4, 0.5) is 10.2 Å². The number of anilines is 1. The number of hydrogen-bond donors (Lipinski definition) is 2. The van der Waals surface area contributed by atoms with Crippen molar-refractivity contribution >= 4 is 16.7 Å². The molecule has 0 aliphatic rings. The van der Waals surface area contributed by atoms with E-state index in [1.807, 2.05) is 17.7 Å². The highest BCUT2D eigenvalue weighted by molar-refractivity contribution is 5.82. The Balaban J connectivity index is 1.48. The molecule has 0 aliphatic carbocycles. The Hall–Kier alpha value is -3.29. The van der Waals surface area contributed by atoms with Crippen LogP contribution in [0.5, 0.6) is 0 Å². The van der Waals surface area contributed by atoms with E-state index in [-0.39, 0.29) is 11.9 Å². The molecule has 2 aromatic carbocycles. The van der Waals surface area contributed by atoms with Crippen LogP contribution >= 0.6 is 0 Å². The minimum absolute atomic E-state index is 0.0240. The summed E-state index contributed by atoms with van der Waals surface area (Å²) in [5, 5.41) is 7.99. The monoisotopic (exact) mass is 432 g/mol. The highest BCUT2D eigenvalue weighted by Gasteiger charge is 2.10. The zero-order chi connectivity index (χ0) is 22.5. The van der Waals surface area contributed by atoms with Crippen molar-refractivity contribution in [2.75, 3.05) is 32.5 Å². The van der Waals surface area contributed by atoms with Gasteiger partial charge in [-0.2, -0.15) is 0 Å². The molecule has 1 unspecified atom stereocenters. The average Bonchev–Trinajstić information content (AvgIpc) is 3.20. The van der Waals surface area contributed by atoms with Gasteiger partial charge in [0.2, 0.25) is 0 Å². The fourth-order valence-corrected chi connectivity index (χ4v) is 3.64. The van der Waals surface area contributed by atoms with Crippen molar-refractivity contribution in [3.05, 3.63) is 84.1 Å². The van der Waals surface area contributed by atoms with Crippen molar-refractivity contribution in [1.82, 2.24) is 24.8 Å². The largest absolute Gasteiger partial charge is 0.362 e. The van der Waals surface area contributed by atoms with Gasteiger partial charge >= 0.3 is 0 Å². The van der Waals surface area contributed by atoms with Crippen LogP contribution in [0.3, 0.4) is 0 Å². The van der Waals surface area contributed by atoms with Crippen LogP contribution in [0.2, 0.25) is 0 Å². The summed E-state index contributed by atoms with van der Waals surface area (Å²) in [5.74, 6) is 1.17. The number of likely N-dealkylation sites (N-methyl/N-ethyl adjacent to an activating group) is 1. The third-order valence-electron chi connectivity index (χ3n) is 5.42. The summed E-state index contributed by atoms with van der Waals surface area (Å²) in [6, 6.07) is 15.0. The Kier molecular flexibility index (Phi) is 6.78. The number of aromatic nitrogens is 3. The van der Waals surface area contributed by atoms with Gasteiger partial charge in [-0.25, -0.2) is 9.37 Å². The fraction of sp³-hybridized carbons (Fsp3) is 0.280. The quantitative estimate of drug-likeness (QED) is 0.384. The Morgan fingerprint density at radius 1 is 1.06 bits per heavy atom. The number of rotatable bonds is 9. The Bertz CT molecular complexity index is 1170. The number of halogens is 1. The number of nitrogens with zero attached hydrogens (tertiary/aromatic N) is 4. The molecule has 0 amide bonds. The van der Waals surface area contributed by atoms with Crippen LogP contribution in [0, 0.1) is 5.82 Å². The standard InChI is InChI=1S/C25H29FN6/c1-18(20-5-7-22(26)8-6-20)29-24-16-28-17-25(30-24)32-12-10-21-14-19(4-9-23(21)32)15-27-11-13-31(2)3/h4-10,12,14,16-18,27H,11,13,15H2,1-3H3,(H,29,30). The summed E-state index contributed by atoms with van der Waals surface area (Å²) in [4.78, 5) is 11.3. The lowest BCUT2D eigenvalue weighted by Gasteiger charge is -2.15.